The third-order valence-corrected chi connectivity index (χ3v) is 3.31. The minimum absolute atomic E-state index is 0.423. The predicted octanol–water partition coefficient (Wildman–Crippen LogP) is 3.36. The van der Waals surface area contributed by atoms with E-state index in [2.05, 4.69) is 26.1 Å². The first-order valence-electron chi connectivity index (χ1n) is 7.03. The summed E-state index contributed by atoms with van der Waals surface area (Å²) < 4.78 is 5.78. The van der Waals surface area contributed by atoms with Gasteiger partial charge in [-0.15, -0.1) is 0 Å². The zero-order chi connectivity index (χ0) is 11.8. The van der Waals surface area contributed by atoms with Crippen molar-refractivity contribution in [1.29, 1.82) is 0 Å². The Balaban J connectivity index is 1.87. The lowest BCUT2D eigenvalue weighted by Gasteiger charge is -2.16. The van der Waals surface area contributed by atoms with Gasteiger partial charge in [0, 0.05) is 12.6 Å². The maximum Gasteiger partial charge on any atom is 0.0549 e. The van der Waals surface area contributed by atoms with E-state index in [0.29, 0.717) is 6.10 Å². The molecule has 1 saturated carbocycles. The average molecular weight is 227 g/mol. The summed E-state index contributed by atoms with van der Waals surface area (Å²) in [6.07, 6.45) is 8.34. The fourth-order valence-corrected chi connectivity index (χ4v) is 2.52. The lowest BCUT2D eigenvalue weighted by molar-refractivity contribution is 0.0503. The third kappa shape index (κ3) is 6.49. The van der Waals surface area contributed by atoms with Gasteiger partial charge in [0.1, 0.15) is 0 Å². The molecule has 0 radical (unpaired) electrons. The highest BCUT2D eigenvalue weighted by molar-refractivity contribution is 4.73. The summed E-state index contributed by atoms with van der Waals surface area (Å²) >= 11 is 0. The van der Waals surface area contributed by atoms with Crippen molar-refractivity contribution in [2.24, 2.45) is 5.92 Å². The molecule has 96 valence electrons. The van der Waals surface area contributed by atoms with E-state index in [0.717, 1.165) is 31.5 Å². The zero-order valence-corrected chi connectivity index (χ0v) is 11.3. The Hall–Kier alpha value is -0.0800. The van der Waals surface area contributed by atoms with Crippen molar-refractivity contribution in [3.63, 3.8) is 0 Å². The van der Waals surface area contributed by atoms with E-state index in [4.69, 9.17) is 4.74 Å². The number of nitrogens with one attached hydrogen (secondary N) is 1. The lowest BCUT2D eigenvalue weighted by Crippen LogP contribution is -2.28. The average Bonchev–Trinajstić information content (AvgIpc) is 2.68. The van der Waals surface area contributed by atoms with Gasteiger partial charge < -0.3 is 10.1 Å². The second-order valence-electron chi connectivity index (χ2n) is 5.60. The van der Waals surface area contributed by atoms with E-state index < -0.39 is 0 Å². The molecule has 1 atom stereocenters. The Morgan fingerprint density at radius 1 is 1.19 bits per heavy atom. The Bertz CT molecular complexity index is 164. The molecule has 0 aromatic heterocycles. The van der Waals surface area contributed by atoms with Crippen LogP contribution in [0.4, 0.5) is 0 Å². The molecular formula is C14H29NO. The molecule has 0 aromatic carbocycles. The van der Waals surface area contributed by atoms with Crippen molar-refractivity contribution in [1.82, 2.24) is 5.32 Å². The van der Waals surface area contributed by atoms with Crippen LogP contribution in [0.1, 0.15) is 59.3 Å². The molecule has 0 amide bonds. The summed E-state index contributed by atoms with van der Waals surface area (Å²) in [6.45, 7) is 8.72. The van der Waals surface area contributed by atoms with Gasteiger partial charge >= 0.3 is 0 Å². The molecule has 0 saturated heterocycles. The highest BCUT2D eigenvalue weighted by Gasteiger charge is 2.13. The van der Waals surface area contributed by atoms with Crippen LogP contribution in [0.15, 0.2) is 0 Å². The van der Waals surface area contributed by atoms with E-state index in [1.54, 1.807) is 0 Å². The van der Waals surface area contributed by atoms with Gasteiger partial charge in [0.25, 0.3) is 0 Å². The Kier molecular flexibility index (Phi) is 7.06. The smallest absolute Gasteiger partial charge is 0.0549 e. The van der Waals surface area contributed by atoms with Crippen LogP contribution in [-0.4, -0.2) is 25.3 Å². The van der Waals surface area contributed by atoms with Gasteiger partial charge in [-0.25, -0.2) is 0 Å². The van der Waals surface area contributed by atoms with E-state index in [9.17, 15) is 0 Å². The second-order valence-corrected chi connectivity index (χ2v) is 5.60. The first-order chi connectivity index (χ1) is 7.68. The molecule has 16 heavy (non-hydrogen) atoms. The van der Waals surface area contributed by atoms with Crippen LogP contribution in [0.5, 0.6) is 0 Å². The highest BCUT2D eigenvalue weighted by Crippen LogP contribution is 2.17. The lowest BCUT2D eigenvalue weighted by atomic mass is 10.1. The van der Waals surface area contributed by atoms with Crippen molar-refractivity contribution in [3.05, 3.63) is 0 Å². The normalized spacial score (nSPS) is 19.5. The molecule has 1 fully saturated rings. The van der Waals surface area contributed by atoms with Gasteiger partial charge in [-0.2, -0.15) is 0 Å². The molecule has 2 heteroatoms. The minimum Gasteiger partial charge on any atom is -0.378 e. The van der Waals surface area contributed by atoms with Crippen molar-refractivity contribution in [3.8, 4) is 0 Å². The molecule has 0 aliphatic heterocycles. The van der Waals surface area contributed by atoms with Gasteiger partial charge in [-0.1, -0.05) is 26.7 Å². The van der Waals surface area contributed by atoms with Gasteiger partial charge in [-0.05, 0) is 45.1 Å². The van der Waals surface area contributed by atoms with Crippen molar-refractivity contribution in [2.45, 2.75) is 71.4 Å². The van der Waals surface area contributed by atoms with Gasteiger partial charge in [0.2, 0.25) is 0 Å². The maximum absolute atomic E-state index is 5.78. The molecular weight excluding hydrogens is 198 g/mol. The molecule has 1 aliphatic carbocycles. The molecule has 0 spiro atoms. The van der Waals surface area contributed by atoms with Gasteiger partial charge in [0.05, 0.1) is 6.10 Å². The van der Waals surface area contributed by atoms with Crippen molar-refractivity contribution >= 4 is 0 Å². The summed E-state index contributed by atoms with van der Waals surface area (Å²) in [4.78, 5) is 0. The molecule has 2 nitrogen and oxygen atoms in total. The SMILES string of the molecule is CC(C)CC(C)OCCCNC1CCCC1. The van der Waals surface area contributed by atoms with Crippen molar-refractivity contribution in [2.75, 3.05) is 13.2 Å². The Morgan fingerprint density at radius 2 is 1.88 bits per heavy atom. The summed E-state index contributed by atoms with van der Waals surface area (Å²) in [6, 6.07) is 0.799. The fourth-order valence-electron chi connectivity index (χ4n) is 2.52. The number of rotatable bonds is 8. The van der Waals surface area contributed by atoms with E-state index in [-0.39, 0.29) is 0 Å². The van der Waals surface area contributed by atoms with Crippen LogP contribution in [0, 0.1) is 5.92 Å². The molecule has 0 bridgehead atoms. The van der Waals surface area contributed by atoms with Crippen LogP contribution in [0.3, 0.4) is 0 Å². The second kappa shape index (κ2) is 8.08. The molecule has 0 aromatic rings. The van der Waals surface area contributed by atoms with Crippen LogP contribution in [-0.2, 0) is 4.74 Å². The zero-order valence-electron chi connectivity index (χ0n) is 11.3. The first-order valence-corrected chi connectivity index (χ1v) is 7.03. The quantitative estimate of drug-likeness (QED) is 0.642. The standard InChI is InChI=1S/C14H29NO/c1-12(2)11-13(3)16-10-6-9-15-14-7-4-5-8-14/h12-15H,4-11H2,1-3H3. The summed E-state index contributed by atoms with van der Waals surface area (Å²) in [5, 5.41) is 3.62. The van der Waals surface area contributed by atoms with Gasteiger partial charge in [0.15, 0.2) is 0 Å². The molecule has 1 rings (SSSR count). The van der Waals surface area contributed by atoms with E-state index >= 15 is 0 Å². The topological polar surface area (TPSA) is 21.3 Å². The number of hydrogen-bond acceptors (Lipinski definition) is 2. The van der Waals surface area contributed by atoms with Crippen LogP contribution < -0.4 is 5.32 Å². The highest BCUT2D eigenvalue weighted by atomic mass is 16.5. The monoisotopic (exact) mass is 227 g/mol. The maximum atomic E-state index is 5.78. The van der Waals surface area contributed by atoms with Gasteiger partial charge in [-0.3, -0.25) is 0 Å². The summed E-state index contributed by atoms with van der Waals surface area (Å²) in [7, 11) is 0. The number of ether oxygens (including phenoxy) is 1. The van der Waals surface area contributed by atoms with Crippen LogP contribution >= 0.6 is 0 Å². The van der Waals surface area contributed by atoms with E-state index in [1.807, 2.05) is 0 Å². The Labute approximate surface area is 101 Å². The molecule has 1 N–H and O–H groups in total. The Morgan fingerprint density at radius 3 is 2.50 bits per heavy atom. The number of hydrogen-bond donors (Lipinski definition) is 1. The minimum atomic E-state index is 0.423. The predicted molar refractivity (Wildman–Crippen MR) is 69.7 cm³/mol. The first kappa shape index (κ1) is 14.0. The van der Waals surface area contributed by atoms with Crippen LogP contribution in [0.2, 0.25) is 0 Å². The van der Waals surface area contributed by atoms with Crippen molar-refractivity contribution < 1.29 is 4.74 Å². The summed E-state index contributed by atoms with van der Waals surface area (Å²) in [5.41, 5.74) is 0. The third-order valence-electron chi connectivity index (χ3n) is 3.31. The summed E-state index contributed by atoms with van der Waals surface area (Å²) in [5.74, 6) is 0.742. The van der Waals surface area contributed by atoms with Crippen LogP contribution in [0.25, 0.3) is 0 Å². The molecule has 1 aliphatic rings. The molecule has 0 heterocycles. The van der Waals surface area contributed by atoms with E-state index in [1.165, 1.54) is 32.1 Å². The largest absolute Gasteiger partial charge is 0.378 e. The fraction of sp³-hybridized carbons (Fsp3) is 1.00. The molecule has 1 unspecified atom stereocenters.